The van der Waals surface area contributed by atoms with Gasteiger partial charge in [0.2, 0.25) is 0 Å². The Morgan fingerprint density at radius 1 is 1.24 bits per heavy atom. The molecule has 0 fully saturated rings. The van der Waals surface area contributed by atoms with Crippen molar-refractivity contribution in [2.75, 3.05) is 12.4 Å². The Labute approximate surface area is 119 Å². The van der Waals surface area contributed by atoms with E-state index in [0.29, 0.717) is 12.5 Å². The predicted octanol–water partition coefficient (Wildman–Crippen LogP) is 1.57. The summed E-state index contributed by atoms with van der Waals surface area (Å²) in [5.74, 6) is -1.82. The molecule has 0 bridgehead atoms. The molecule has 116 valence electrons. The van der Waals surface area contributed by atoms with Crippen LogP contribution in [-0.4, -0.2) is 30.6 Å². The molecule has 0 saturated carbocycles. The Morgan fingerprint density at radius 2 is 1.81 bits per heavy atom. The number of benzene rings is 1. The van der Waals surface area contributed by atoms with E-state index in [-0.39, 0.29) is 11.3 Å². The maximum absolute atomic E-state index is 12.7. The lowest BCUT2D eigenvalue weighted by Crippen LogP contribution is -2.59. The monoisotopic (exact) mass is 303 g/mol. The van der Waals surface area contributed by atoms with Gasteiger partial charge >= 0.3 is 6.18 Å². The second-order valence-electron chi connectivity index (χ2n) is 4.76. The zero-order valence-electron chi connectivity index (χ0n) is 11.8. The highest BCUT2D eigenvalue weighted by atomic mass is 19.4. The van der Waals surface area contributed by atoms with Gasteiger partial charge in [-0.3, -0.25) is 9.59 Å². The molecule has 0 aliphatic carbocycles. The van der Waals surface area contributed by atoms with Crippen LogP contribution in [0.5, 0.6) is 0 Å². The van der Waals surface area contributed by atoms with Crippen molar-refractivity contribution in [3.05, 3.63) is 29.3 Å². The third kappa shape index (κ3) is 3.52. The third-order valence-electron chi connectivity index (χ3n) is 3.04. The fourth-order valence-corrected chi connectivity index (χ4v) is 1.42. The number of nitrogens with two attached hydrogens (primary N) is 1. The van der Waals surface area contributed by atoms with Crippen molar-refractivity contribution in [2.24, 2.45) is 5.73 Å². The van der Waals surface area contributed by atoms with E-state index in [4.69, 9.17) is 5.73 Å². The van der Waals surface area contributed by atoms with Gasteiger partial charge in [-0.1, -0.05) is 6.07 Å². The number of carbonyl (C=O) groups is 2. The van der Waals surface area contributed by atoms with E-state index in [9.17, 15) is 22.8 Å². The summed E-state index contributed by atoms with van der Waals surface area (Å²) in [5.41, 5.74) is 2.84. The number of rotatable bonds is 3. The van der Waals surface area contributed by atoms with Gasteiger partial charge in [-0.25, -0.2) is 0 Å². The molecule has 0 saturated heterocycles. The van der Waals surface area contributed by atoms with Crippen LogP contribution in [0.3, 0.4) is 0 Å². The first-order chi connectivity index (χ1) is 9.50. The second-order valence-corrected chi connectivity index (χ2v) is 4.76. The first-order valence-electron chi connectivity index (χ1n) is 6.00. The molecule has 8 heteroatoms. The zero-order valence-corrected chi connectivity index (χ0v) is 11.8. The molecule has 4 N–H and O–H groups in total. The molecule has 0 aliphatic heterocycles. The molecule has 0 aromatic heterocycles. The highest BCUT2D eigenvalue weighted by Gasteiger charge is 2.54. The SMILES string of the molecule is CNC(=O)c1ccc(C)c(NC(=O)C(C)(N)C(F)(F)F)c1. The maximum atomic E-state index is 12.7. The van der Waals surface area contributed by atoms with Crippen LogP contribution < -0.4 is 16.4 Å². The van der Waals surface area contributed by atoms with E-state index in [1.54, 1.807) is 6.92 Å². The van der Waals surface area contributed by atoms with Crippen LogP contribution in [0.1, 0.15) is 22.8 Å². The summed E-state index contributed by atoms with van der Waals surface area (Å²) in [6.07, 6.45) is -4.89. The molecule has 0 spiro atoms. The first kappa shape index (κ1) is 17.0. The Kier molecular flexibility index (Phi) is 4.62. The Balaban J connectivity index is 3.08. The molecule has 1 aromatic rings. The second kappa shape index (κ2) is 5.72. The molecular formula is C13H16F3N3O2. The minimum atomic E-state index is -4.89. The quantitative estimate of drug-likeness (QED) is 0.792. The summed E-state index contributed by atoms with van der Waals surface area (Å²) in [6, 6.07) is 4.30. The number of carbonyl (C=O) groups excluding carboxylic acids is 2. The lowest BCUT2D eigenvalue weighted by molar-refractivity contribution is -0.184. The maximum Gasteiger partial charge on any atom is 0.415 e. The van der Waals surface area contributed by atoms with Gasteiger partial charge in [-0.05, 0) is 31.5 Å². The average molecular weight is 303 g/mol. The van der Waals surface area contributed by atoms with E-state index in [1.165, 1.54) is 25.2 Å². The number of hydrogen-bond donors (Lipinski definition) is 3. The van der Waals surface area contributed by atoms with Crippen molar-refractivity contribution in [3.63, 3.8) is 0 Å². The predicted molar refractivity (Wildman–Crippen MR) is 71.8 cm³/mol. The molecule has 0 heterocycles. The minimum Gasteiger partial charge on any atom is -0.355 e. The van der Waals surface area contributed by atoms with Crippen LogP contribution in [-0.2, 0) is 4.79 Å². The number of amides is 2. The summed E-state index contributed by atoms with van der Waals surface area (Å²) in [7, 11) is 1.42. The summed E-state index contributed by atoms with van der Waals surface area (Å²) >= 11 is 0. The van der Waals surface area contributed by atoms with Crippen LogP contribution in [0.4, 0.5) is 18.9 Å². The number of alkyl halides is 3. The van der Waals surface area contributed by atoms with E-state index in [1.807, 2.05) is 0 Å². The van der Waals surface area contributed by atoms with Crippen LogP contribution in [0.2, 0.25) is 0 Å². The lowest BCUT2D eigenvalue weighted by Gasteiger charge is -2.26. The molecular weight excluding hydrogens is 287 g/mol. The molecule has 2 amide bonds. The van der Waals surface area contributed by atoms with Gasteiger partial charge in [0.1, 0.15) is 0 Å². The Morgan fingerprint density at radius 3 is 2.29 bits per heavy atom. The molecule has 1 atom stereocenters. The Hall–Kier alpha value is -2.09. The molecule has 0 radical (unpaired) electrons. The van der Waals surface area contributed by atoms with Crippen molar-refractivity contribution in [3.8, 4) is 0 Å². The fourth-order valence-electron chi connectivity index (χ4n) is 1.42. The molecule has 1 aromatic carbocycles. The lowest BCUT2D eigenvalue weighted by atomic mass is 10.0. The van der Waals surface area contributed by atoms with Crippen LogP contribution >= 0.6 is 0 Å². The van der Waals surface area contributed by atoms with Gasteiger partial charge in [-0.2, -0.15) is 13.2 Å². The van der Waals surface area contributed by atoms with Gasteiger partial charge in [0, 0.05) is 18.3 Å². The number of aryl methyl sites for hydroxylation is 1. The third-order valence-corrected chi connectivity index (χ3v) is 3.04. The minimum absolute atomic E-state index is 0.0991. The van der Waals surface area contributed by atoms with E-state index in [0.717, 1.165) is 0 Å². The van der Waals surface area contributed by atoms with E-state index < -0.39 is 23.5 Å². The fraction of sp³-hybridized carbons (Fsp3) is 0.385. The number of halogens is 3. The topological polar surface area (TPSA) is 84.2 Å². The van der Waals surface area contributed by atoms with Crippen LogP contribution in [0.25, 0.3) is 0 Å². The molecule has 1 unspecified atom stereocenters. The summed E-state index contributed by atoms with van der Waals surface area (Å²) < 4.78 is 38.1. The number of anilines is 1. The summed E-state index contributed by atoms with van der Waals surface area (Å²) in [4.78, 5) is 23.2. The van der Waals surface area contributed by atoms with Crippen molar-refractivity contribution < 1.29 is 22.8 Å². The summed E-state index contributed by atoms with van der Waals surface area (Å²) in [6.45, 7) is 2.17. The summed E-state index contributed by atoms with van der Waals surface area (Å²) in [5, 5.41) is 4.49. The van der Waals surface area contributed by atoms with Crippen LogP contribution in [0, 0.1) is 6.92 Å². The van der Waals surface area contributed by atoms with Crippen LogP contribution in [0.15, 0.2) is 18.2 Å². The highest BCUT2D eigenvalue weighted by Crippen LogP contribution is 2.29. The van der Waals surface area contributed by atoms with Crippen molar-refractivity contribution in [2.45, 2.75) is 25.6 Å². The van der Waals surface area contributed by atoms with Crippen molar-refractivity contribution in [1.29, 1.82) is 0 Å². The normalized spacial score (nSPS) is 14.2. The van der Waals surface area contributed by atoms with Gasteiger partial charge < -0.3 is 16.4 Å². The van der Waals surface area contributed by atoms with Crippen molar-refractivity contribution in [1.82, 2.24) is 5.32 Å². The van der Waals surface area contributed by atoms with Gasteiger partial charge in [0.25, 0.3) is 11.8 Å². The largest absolute Gasteiger partial charge is 0.415 e. The van der Waals surface area contributed by atoms with Gasteiger partial charge in [-0.15, -0.1) is 0 Å². The molecule has 1 rings (SSSR count). The average Bonchev–Trinajstić information content (AvgIpc) is 2.38. The first-order valence-corrected chi connectivity index (χ1v) is 6.00. The molecule has 5 nitrogen and oxygen atoms in total. The van der Waals surface area contributed by atoms with E-state index in [2.05, 4.69) is 10.6 Å². The molecule has 21 heavy (non-hydrogen) atoms. The number of hydrogen-bond acceptors (Lipinski definition) is 3. The Bertz CT molecular complexity index is 568. The smallest absolute Gasteiger partial charge is 0.355 e. The highest BCUT2D eigenvalue weighted by molar-refractivity contribution is 6.01. The molecule has 0 aliphatic rings. The van der Waals surface area contributed by atoms with E-state index >= 15 is 0 Å². The van der Waals surface area contributed by atoms with Gasteiger partial charge in [0.05, 0.1) is 0 Å². The standard InChI is InChI=1S/C13H16F3N3O2/c1-7-4-5-8(10(20)18-3)6-9(7)19-11(21)12(2,17)13(14,15)16/h4-6H,17H2,1-3H3,(H,18,20)(H,19,21). The number of nitrogens with one attached hydrogen (secondary N) is 2. The van der Waals surface area contributed by atoms with Crippen molar-refractivity contribution >= 4 is 17.5 Å². The zero-order chi connectivity index (χ0) is 16.4. The van der Waals surface area contributed by atoms with Gasteiger partial charge in [0.15, 0.2) is 5.54 Å².